The van der Waals surface area contributed by atoms with Crippen molar-refractivity contribution in [1.29, 1.82) is 0 Å². The summed E-state index contributed by atoms with van der Waals surface area (Å²) in [5.74, 6) is -0.973. The van der Waals surface area contributed by atoms with Crippen molar-refractivity contribution in [3.63, 3.8) is 0 Å². The van der Waals surface area contributed by atoms with Gasteiger partial charge in [-0.15, -0.1) is 0 Å². The Labute approximate surface area is 108 Å². The van der Waals surface area contributed by atoms with Gasteiger partial charge in [0.25, 0.3) is 0 Å². The average molecular weight is 268 g/mol. The first-order valence-corrected chi connectivity index (χ1v) is 6.75. The summed E-state index contributed by atoms with van der Waals surface area (Å²) >= 11 is -2.26. The molecule has 1 aromatic rings. The Bertz CT molecular complexity index is 477. The molecule has 0 radical (unpaired) electrons. The second-order valence-corrected chi connectivity index (χ2v) is 5.31. The van der Waals surface area contributed by atoms with E-state index in [4.69, 9.17) is 5.11 Å². The van der Waals surface area contributed by atoms with Crippen molar-refractivity contribution in [3.05, 3.63) is 35.4 Å². The van der Waals surface area contributed by atoms with Crippen LogP contribution in [0, 0.1) is 0 Å². The fourth-order valence-corrected chi connectivity index (χ4v) is 2.85. The highest BCUT2D eigenvalue weighted by Gasteiger charge is 2.24. The lowest BCUT2D eigenvalue weighted by Gasteiger charge is -2.22. The van der Waals surface area contributed by atoms with Crippen molar-refractivity contribution in [2.75, 3.05) is 6.54 Å². The molecular formula is C12H14NO4S-. The predicted octanol–water partition coefficient (Wildman–Crippen LogP) is 1.24. The van der Waals surface area contributed by atoms with E-state index in [0.717, 1.165) is 11.1 Å². The van der Waals surface area contributed by atoms with Crippen molar-refractivity contribution >= 4 is 17.2 Å². The van der Waals surface area contributed by atoms with Crippen LogP contribution in [0.3, 0.4) is 0 Å². The van der Waals surface area contributed by atoms with E-state index in [1.807, 2.05) is 24.3 Å². The highest BCUT2D eigenvalue weighted by Crippen LogP contribution is 2.31. The van der Waals surface area contributed by atoms with Crippen molar-refractivity contribution in [1.82, 2.24) is 4.31 Å². The zero-order chi connectivity index (χ0) is 13.1. The Hall–Kier alpha value is -1.24. The van der Waals surface area contributed by atoms with Gasteiger partial charge in [-0.2, -0.15) is 0 Å². The number of benzene rings is 1. The van der Waals surface area contributed by atoms with E-state index in [-0.39, 0.29) is 12.3 Å². The first-order valence-electron chi connectivity index (χ1n) is 5.72. The van der Waals surface area contributed by atoms with Crippen LogP contribution in [-0.2, 0) is 22.6 Å². The number of rotatable bonds is 3. The molecular weight excluding hydrogens is 254 g/mol. The molecule has 0 fully saturated rings. The van der Waals surface area contributed by atoms with Gasteiger partial charge in [0.15, 0.2) is 0 Å². The summed E-state index contributed by atoms with van der Waals surface area (Å²) < 4.78 is 23.4. The maximum atomic E-state index is 11.1. The lowest BCUT2D eigenvalue weighted by molar-refractivity contribution is -0.137. The van der Waals surface area contributed by atoms with Crippen LogP contribution in [0.4, 0.5) is 0 Å². The fourth-order valence-electron chi connectivity index (χ4n) is 2.35. The number of aliphatic carboxylic acids is 1. The number of carbonyl (C=O) groups is 1. The molecule has 0 aromatic heterocycles. The smallest absolute Gasteiger partial charge is 0.303 e. The summed E-state index contributed by atoms with van der Waals surface area (Å²) in [6, 6.07) is 7.45. The molecule has 0 spiro atoms. The van der Waals surface area contributed by atoms with Crippen LogP contribution in [0.5, 0.6) is 0 Å². The lowest BCUT2D eigenvalue weighted by atomic mass is 9.90. The first kappa shape index (κ1) is 13.2. The molecule has 0 amide bonds. The summed E-state index contributed by atoms with van der Waals surface area (Å²) in [6.45, 7) is 0.686. The minimum Gasteiger partial charge on any atom is -0.760 e. The van der Waals surface area contributed by atoms with E-state index in [1.54, 1.807) is 0 Å². The van der Waals surface area contributed by atoms with Gasteiger partial charge < -0.3 is 9.66 Å². The Kier molecular flexibility index (Phi) is 4.11. The van der Waals surface area contributed by atoms with Crippen LogP contribution in [0.1, 0.15) is 29.9 Å². The normalized spacial score (nSPS) is 21.9. The van der Waals surface area contributed by atoms with Gasteiger partial charge in [0, 0.05) is 24.4 Å². The number of fused-ring (bicyclic) bond motifs is 1. The molecule has 18 heavy (non-hydrogen) atoms. The molecule has 1 aromatic carbocycles. The van der Waals surface area contributed by atoms with Crippen LogP contribution < -0.4 is 0 Å². The third kappa shape index (κ3) is 2.95. The Morgan fingerprint density at radius 3 is 2.89 bits per heavy atom. The molecule has 5 nitrogen and oxygen atoms in total. The number of carboxylic acid groups (broad SMARTS) is 1. The molecule has 1 aliphatic rings. The molecule has 1 heterocycles. The maximum absolute atomic E-state index is 11.1. The zero-order valence-corrected chi connectivity index (χ0v) is 10.6. The van der Waals surface area contributed by atoms with E-state index in [0.29, 0.717) is 19.5 Å². The van der Waals surface area contributed by atoms with E-state index >= 15 is 0 Å². The second-order valence-electron chi connectivity index (χ2n) is 4.36. The number of nitrogens with zero attached hydrogens (tertiary/aromatic N) is 1. The van der Waals surface area contributed by atoms with Crippen molar-refractivity contribution in [2.24, 2.45) is 0 Å². The molecule has 2 unspecified atom stereocenters. The summed E-state index contributed by atoms with van der Waals surface area (Å²) in [6.07, 6.45) is 0.577. The number of hydrogen-bond acceptors (Lipinski definition) is 3. The van der Waals surface area contributed by atoms with Crippen LogP contribution in [0.25, 0.3) is 0 Å². The van der Waals surface area contributed by atoms with Gasteiger partial charge in [0.1, 0.15) is 0 Å². The van der Waals surface area contributed by atoms with Gasteiger partial charge in [-0.25, -0.2) is 4.31 Å². The third-order valence-corrected chi connectivity index (χ3v) is 3.93. The van der Waals surface area contributed by atoms with Gasteiger partial charge in [0.05, 0.1) is 6.42 Å². The molecule has 1 aliphatic heterocycles. The fraction of sp³-hybridized carbons (Fsp3) is 0.417. The minimum absolute atomic E-state index is 0.0380. The lowest BCUT2D eigenvalue weighted by Crippen LogP contribution is -2.25. The third-order valence-electron chi connectivity index (χ3n) is 3.20. The molecule has 2 rings (SSSR count). The minimum atomic E-state index is -2.26. The average Bonchev–Trinajstić information content (AvgIpc) is 2.49. The SMILES string of the molecule is O=C(O)CC1CCN(S(=O)[O-])Cc2ccccc21. The quantitative estimate of drug-likeness (QED) is 0.836. The summed E-state index contributed by atoms with van der Waals surface area (Å²) in [5.41, 5.74) is 1.85. The van der Waals surface area contributed by atoms with Crippen molar-refractivity contribution in [2.45, 2.75) is 25.3 Å². The van der Waals surface area contributed by atoms with E-state index in [2.05, 4.69) is 0 Å². The first-order chi connectivity index (χ1) is 8.58. The summed E-state index contributed by atoms with van der Waals surface area (Å²) in [5, 5.41) is 8.92. The van der Waals surface area contributed by atoms with Gasteiger partial charge in [-0.05, 0) is 23.5 Å². The summed E-state index contributed by atoms with van der Waals surface area (Å²) in [7, 11) is 0. The molecule has 6 heteroatoms. The van der Waals surface area contributed by atoms with E-state index in [1.165, 1.54) is 4.31 Å². The van der Waals surface area contributed by atoms with Crippen molar-refractivity contribution in [3.8, 4) is 0 Å². The number of hydrogen-bond donors (Lipinski definition) is 1. The van der Waals surface area contributed by atoms with Crippen LogP contribution >= 0.6 is 0 Å². The van der Waals surface area contributed by atoms with E-state index < -0.39 is 17.2 Å². The molecule has 98 valence electrons. The number of carboxylic acids is 1. The molecule has 0 saturated carbocycles. The topological polar surface area (TPSA) is 80.7 Å². The Balaban J connectivity index is 2.31. The molecule has 2 atom stereocenters. The largest absolute Gasteiger partial charge is 0.760 e. The highest BCUT2D eigenvalue weighted by molar-refractivity contribution is 7.76. The Morgan fingerprint density at radius 2 is 2.22 bits per heavy atom. The highest BCUT2D eigenvalue weighted by atomic mass is 32.2. The Morgan fingerprint density at radius 1 is 1.50 bits per heavy atom. The van der Waals surface area contributed by atoms with Gasteiger partial charge >= 0.3 is 5.97 Å². The molecule has 0 saturated heterocycles. The predicted molar refractivity (Wildman–Crippen MR) is 65.4 cm³/mol. The second kappa shape index (κ2) is 5.60. The van der Waals surface area contributed by atoms with E-state index in [9.17, 15) is 13.6 Å². The van der Waals surface area contributed by atoms with Crippen LogP contribution in [0.15, 0.2) is 24.3 Å². The molecule has 1 N–H and O–H groups in total. The standard InChI is InChI=1S/C12H15NO4S/c14-12(15)7-9-5-6-13(18(16)17)8-10-3-1-2-4-11(9)10/h1-4,9H,5-8H2,(H,14,15)(H,16,17)/p-1. The molecule has 0 aliphatic carbocycles. The maximum Gasteiger partial charge on any atom is 0.303 e. The molecule has 0 bridgehead atoms. The summed E-state index contributed by atoms with van der Waals surface area (Å²) in [4.78, 5) is 10.9. The zero-order valence-electron chi connectivity index (χ0n) is 9.74. The van der Waals surface area contributed by atoms with Crippen LogP contribution in [-0.4, -0.2) is 30.7 Å². The van der Waals surface area contributed by atoms with Gasteiger partial charge in [-0.1, -0.05) is 24.3 Å². The van der Waals surface area contributed by atoms with Gasteiger partial charge in [0.2, 0.25) is 0 Å². The van der Waals surface area contributed by atoms with Crippen molar-refractivity contribution < 1.29 is 18.7 Å². The monoisotopic (exact) mass is 268 g/mol. The van der Waals surface area contributed by atoms with Crippen LogP contribution in [0.2, 0.25) is 0 Å². The van der Waals surface area contributed by atoms with Gasteiger partial charge in [-0.3, -0.25) is 9.00 Å².